The molecule has 4 atom stereocenters. The van der Waals surface area contributed by atoms with Crippen molar-refractivity contribution in [3.05, 3.63) is 35.4 Å². The lowest BCUT2D eigenvalue weighted by Gasteiger charge is -2.24. The molecule has 2 bridgehead atoms. The van der Waals surface area contributed by atoms with Crippen LogP contribution in [-0.2, 0) is 6.42 Å². The Bertz CT molecular complexity index is 439. The Morgan fingerprint density at radius 2 is 2.15 bits per heavy atom. The molecule has 0 radical (unpaired) electrons. The van der Waals surface area contributed by atoms with Crippen molar-refractivity contribution in [1.82, 2.24) is 5.32 Å². The second-order valence-corrected chi connectivity index (χ2v) is 7.27. The van der Waals surface area contributed by atoms with Gasteiger partial charge in [0.25, 0.3) is 0 Å². The van der Waals surface area contributed by atoms with E-state index < -0.39 is 0 Å². The van der Waals surface area contributed by atoms with Gasteiger partial charge in [-0.05, 0) is 75.8 Å². The molecule has 2 aliphatic carbocycles. The third kappa shape index (κ3) is 3.44. The van der Waals surface area contributed by atoms with Gasteiger partial charge >= 0.3 is 0 Å². The minimum Gasteiger partial charge on any atom is -0.314 e. The van der Waals surface area contributed by atoms with Gasteiger partial charge in [0, 0.05) is 6.04 Å². The highest BCUT2D eigenvalue weighted by atomic mass is 14.9. The van der Waals surface area contributed by atoms with E-state index >= 15 is 0 Å². The molecule has 110 valence electrons. The predicted molar refractivity (Wildman–Crippen MR) is 85.9 cm³/mol. The summed E-state index contributed by atoms with van der Waals surface area (Å²) in [5, 5.41) is 3.79. The zero-order valence-corrected chi connectivity index (χ0v) is 13.1. The van der Waals surface area contributed by atoms with Gasteiger partial charge in [-0.25, -0.2) is 0 Å². The van der Waals surface area contributed by atoms with E-state index in [4.69, 9.17) is 0 Å². The number of fused-ring (bicyclic) bond motifs is 2. The lowest BCUT2D eigenvalue weighted by Crippen LogP contribution is -2.33. The van der Waals surface area contributed by atoms with Crippen LogP contribution in [0.1, 0.15) is 50.2 Å². The quantitative estimate of drug-likeness (QED) is 0.811. The first-order chi connectivity index (χ1) is 9.70. The van der Waals surface area contributed by atoms with E-state index in [1.807, 2.05) is 0 Å². The van der Waals surface area contributed by atoms with Gasteiger partial charge in [0.15, 0.2) is 0 Å². The number of hydrogen-bond acceptors (Lipinski definition) is 1. The van der Waals surface area contributed by atoms with E-state index in [0.717, 1.165) is 17.8 Å². The van der Waals surface area contributed by atoms with Crippen molar-refractivity contribution in [3.8, 4) is 0 Å². The maximum Gasteiger partial charge on any atom is 0.00420 e. The van der Waals surface area contributed by atoms with Crippen molar-refractivity contribution in [2.24, 2.45) is 17.8 Å². The van der Waals surface area contributed by atoms with E-state index in [1.54, 1.807) is 0 Å². The van der Waals surface area contributed by atoms with Crippen molar-refractivity contribution in [1.29, 1.82) is 0 Å². The molecule has 3 rings (SSSR count). The molecule has 2 aliphatic rings. The smallest absolute Gasteiger partial charge is 0.00420 e. The van der Waals surface area contributed by atoms with Crippen molar-refractivity contribution in [2.45, 2.75) is 58.4 Å². The van der Waals surface area contributed by atoms with Gasteiger partial charge in [0.05, 0.1) is 0 Å². The van der Waals surface area contributed by atoms with Crippen molar-refractivity contribution >= 4 is 0 Å². The SMILES string of the molecule is Cc1cccc(CCC(C)NCC2CC3CCC2C3)c1. The minimum absolute atomic E-state index is 0.648. The predicted octanol–water partition coefficient (Wildman–Crippen LogP) is 4.34. The average molecular weight is 271 g/mol. The standard InChI is InChI=1S/C19H29N/c1-14-4-3-5-16(10-14)7-6-15(2)20-13-19-12-17-8-9-18(19)11-17/h3-5,10,15,17-20H,6-9,11-13H2,1-2H3. The van der Waals surface area contributed by atoms with Crippen LogP contribution >= 0.6 is 0 Å². The maximum absolute atomic E-state index is 3.79. The number of hydrogen-bond donors (Lipinski definition) is 1. The highest BCUT2D eigenvalue weighted by Gasteiger charge is 2.38. The minimum atomic E-state index is 0.648. The molecule has 2 saturated carbocycles. The fourth-order valence-electron chi connectivity index (χ4n) is 4.33. The molecule has 1 nitrogen and oxygen atoms in total. The Morgan fingerprint density at radius 1 is 1.25 bits per heavy atom. The second kappa shape index (κ2) is 6.30. The third-order valence-corrected chi connectivity index (χ3v) is 5.56. The molecule has 0 aromatic heterocycles. The zero-order chi connectivity index (χ0) is 13.9. The fourth-order valence-corrected chi connectivity index (χ4v) is 4.33. The Balaban J connectivity index is 1.38. The first-order valence-electron chi connectivity index (χ1n) is 8.49. The molecular formula is C19H29N. The molecule has 1 heteroatoms. The monoisotopic (exact) mass is 271 g/mol. The van der Waals surface area contributed by atoms with Crippen LogP contribution < -0.4 is 5.32 Å². The lowest BCUT2D eigenvalue weighted by molar-refractivity contribution is 0.306. The van der Waals surface area contributed by atoms with Gasteiger partial charge in [0.1, 0.15) is 0 Å². The highest BCUT2D eigenvalue weighted by molar-refractivity contribution is 5.22. The van der Waals surface area contributed by atoms with Gasteiger partial charge in [-0.1, -0.05) is 36.2 Å². The van der Waals surface area contributed by atoms with Crippen molar-refractivity contribution < 1.29 is 0 Å². The Kier molecular flexibility index (Phi) is 4.45. The zero-order valence-electron chi connectivity index (χ0n) is 13.1. The van der Waals surface area contributed by atoms with Crippen molar-refractivity contribution in [2.75, 3.05) is 6.54 Å². The van der Waals surface area contributed by atoms with Gasteiger partial charge in [0.2, 0.25) is 0 Å². The normalized spacial score (nSPS) is 29.8. The van der Waals surface area contributed by atoms with E-state index in [2.05, 4.69) is 43.4 Å². The summed E-state index contributed by atoms with van der Waals surface area (Å²) in [6.07, 6.45) is 8.52. The topological polar surface area (TPSA) is 12.0 Å². The van der Waals surface area contributed by atoms with Crippen LogP contribution in [0.4, 0.5) is 0 Å². The van der Waals surface area contributed by atoms with Crippen LogP contribution in [-0.4, -0.2) is 12.6 Å². The lowest BCUT2D eigenvalue weighted by atomic mass is 9.88. The van der Waals surface area contributed by atoms with Crippen LogP contribution in [0.5, 0.6) is 0 Å². The van der Waals surface area contributed by atoms with Crippen LogP contribution in [0.25, 0.3) is 0 Å². The summed E-state index contributed by atoms with van der Waals surface area (Å²) in [5.41, 5.74) is 2.86. The highest BCUT2D eigenvalue weighted by Crippen LogP contribution is 2.47. The molecule has 0 saturated heterocycles. The first-order valence-corrected chi connectivity index (χ1v) is 8.49. The molecule has 1 N–H and O–H groups in total. The molecule has 20 heavy (non-hydrogen) atoms. The van der Waals surface area contributed by atoms with Crippen LogP contribution in [0.3, 0.4) is 0 Å². The molecule has 0 spiro atoms. The Morgan fingerprint density at radius 3 is 2.85 bits per heavy atom. The molecule has 1 aromatic carbocycles. The van der Waals surface area contributed by atoms with Crippen LogP contribution in [0, 0.1) is 24.7 Å². The third-order valence-electron chi connectivity index (χ3n) is 5.56. The fraction of sp³-hybridized carbons (Fsp3) is 0.684. The van der Waals surface area contributed by atoms with Gasteiger partial charge < -0.3 is 5.32 Å². The number of aryl methyl sites for hydroxylation is 2. The summed E-state index contributed by atoms with van der Waals surface area (Å²) in [4.78, 5) is 0. The van der Waals surface area contributed by atoms with E-state index in [0.29, 0.717) is 6.04 Å². The van der Waals surface area contributed by atoms with E-state index in [-0.39, 0.29) is 0 Å². The Labute approximate surface area is 124 Å². The first kappa shape index (κ1) is 14.1. The van der Waals surface area contributed by atoms with Gasteiger partial charge in [-0.3, -0.25) is 0 Å². The molecular weight excluding hydrogens is 242 g/mol. The summed E-state index contributed by atoms with van der Waals surface area (Å²) in [5.74, 6) is 3.11. The average Bonchev–Trinajstić information content (AvgIpc) is 3.05. The Hall–Kier alpha value is -0.820. The van der Waals surface area contributed by atoms with Crippen LogP contribution in [0.15, 0.2) is 24.3 Å². The summed E-state index contributed by atoms with van der Waals surface area (Å²) < 4.78 is 0. The van der Waals surface area contributed by atoms with Gasteiger partial charge in [-0.15, -0.1) is 0 Å². The number of nitrogens with one attached hydrogen (secondary N) is 1. The molecule has 0 aliphatic heterocycles. The molecule has 0 amide bonds. The summed E-state index contributed by atoms with van der Waals surface area (Å²) in [6.45, 7) is 5.79. The molecule has 0 heterocycles. The summed E-state index contributed by atoms with van der Waals surface area (Å²) >= 11 is 0. The number of rotatable bonds is 6. The largest absolute Gasteiger partial charge is 0.314 e. The maximum atomic E-state index is 3.79. The summed E-state index contributed by atoms with van der Waals surface area (Å²) in [7, 11) is 0. The van der Waals surface area contributed by atoms with E-state index in [9.17, 15) is 0 Å². The molecule has 2 fully saturated rings. The van der Waals surface area contributed by atoms with Crippen molar-refractivity contribution in [3.63, 3.8) is 0 Å². The molecule has 1 aromatic rings. The second-order valence-electron chi connectivity index (χ2n) is 7.27. The summed E-state index contributed by atoms with van der Waals surface area (Å²) in [6, 6.07) is 9.59. The van der Waals surface area contributed by atoms with Gasteiger partial charge in [-0.2, -0.15) is 0 Å². The molecule has 4 unspecified atom stereocenters. The van der Waals surface area contributed by atoms with E-state index in [1.165, 1.54) is 56.2 Å². The van der Waals surface area contributed by atoms with Crippen LogP contribution in [0.2, 0.25) is 0 Å². The number of benzene rings is 1.